The first-order valence-electron chi connectivity index (χ1n) is 5.80. The average Bonchev–Trinajstić information content (AvgIpc) is 2.55. The van der Waals surface area contributed by atoms with Crippen LogP contribution in [0.1, 0.15) is 19.5 Å². The Morgan fingerprint density at radius 3 is 2.82 bits per heavy atom. The molecule has 0 unspecified atom stereocenters. The lowest BCUT2D eigenvalue weighted by Gasteiger charge is -2.15. The molecule has 2 aromatic rings. The Morgan fingerprint density at radius 2 is 2.12 bits per heavy atom. The van der Waals surface area contributed by atoms with Crippen LogP contribution in [-0.2, 0) is 16.1 Å². The minimum atomic E-state index is -0.230. The zero-order valence-electron chi connectivity index (χ0n) is 10.4. The standard InChI is InChI=1S/C14H17NO2/c1-10-8-13-6-4-5-7-14(13)15(10)9-11(2)17-12(3)16/h4-8,11H,9H2,1-3H3/t11-/m1/s1. The van der Waals surface area contributed by atoms with Gasteiger partial charge < -0.3 is 9.30 Å². The van der Waals surface area contributed by atoms with E-state index in [-0.39, 0.29) is 12.1 Å². The number of hydrogen-bond donors (Lipinski definition) is 0. The summed E-state index contributed by atoms with van der Waals surface area (Å²) in [6.07, 6.45) is -0.109. The fourth-order valence-corrected chi connectivity index (χ4v) is 2.17. The number of aromatic nitrogens is 1. The molecule has 0 aliphatic carbocycles. The number of fused-ring (bicyclic) bond motifs is 1. The molecule has 0 aliphatic heterocycles. The molecule has 0 radical (unpaired) electrons. The largest absolute Gasteiger partial charge is 0.461 e. The summed E-state index contributed by atoms with van der Waals surface area (Å²) in [5.74, 6) is -0.230. The van der Waals surface area contributed by atoms with Crippen LogP contribution < -0.4 is 0 Å². The lowest BCUT2D eigenvalue weighted by atomic mass is 10.2. The maximum absolute atomic E-state index is 10.9. The Balaban J connectivity index is 2.29. The Kier molecular flexibility index (Phi) is 3.18. The van der Waals surface area contributed by atoms with Crippen LogP contribution in [0, 0.1) is 6.92 Å². The predicted octanol–water partition coefficient (Wildman–Crippen LogP) is 2.90. The lowest BCUT2D eigenvalue weighted by Crippen LogP contribution is -2.19. The fraction of sp³-hybridized carbons (Fsp3) is 0.357. The quantitative estimate of drug-likeness (QED) is 0.760. The summed E-state index contributed by atoms with van der Waals surface area (Å²) >= 11 is 0. The summed E-state index contributed by atoms with van der Waals surface area (Å²) in [6, 6.07) is 10.4. The molecule has 0 spiro atoms. The second-order valence-electron chi connectivity index (χ2n) is 4.38. The van der Waals surface area contributed by atoms with Crippen molar-refractivity contribution in [3.05, 3.63) is 36.0 Å². The second-order valence-corrected chi connectivity index (χ2v) is 4.38. The number of rotatable bonds is 3. The van der Waals surface area contributed by atoms with E-state index in [0.717, 1.165) is 0 Å². The summed E-state index contributed by atoms with van der Waals surface area (Å²) in [5.41, 5.74) is 2.37. The number of aryl methyl sites for hydroxylation is 1. The number of nitrogens with zero attached hydrogens (tertiary/aromatic N) is 1. The van der Waals surface area contributed by atoms with Crippen LogP contribution in [0.5, 0.6) is 0 Å². The van der Waals surface area contributed by atoms with E-state index in [2.05, 4.69) is 29.7 Å². The SMILES string of the molecule is CC(=O)O[C@H](C)Cn1c(C)cc2ccccc21. The first-order chi connectivity index (χ1) is 8.08. The molecule has 0 N–H and O–H groups in total. The van der Waals surface area contributed by atoms with Crippen LogP contribution >= 0.6 is 0 Å². The van der Waals surface area contributed by atoms with Crippen molar-refractivity contribution >= 4 is 16.9 Å². The van der Waals surface area contributed by atoms with Gasteiger partial charge in [-0.15, -0.1) is 0 Å². The summed E-state index contributed by atoms with van der Waals surface area (Å²) in [7, 11) is 0. The van der Waals surface area contributed by atoms with Crippen LogP contribution in [0.15, 0.2) is 30.3 Å². The van der Waals surface area contributed by atoms with Crippen molar-refractivity contribution in [2.24, 2.45) is 0 Å². The highest BCUT2D eigenvalue weighted by molar-refractivity contribution is 5.81. The Morgan fingerprint density at radius 1 is 1.41 bits per heavy atom. The van der Waals surface area contributed by atoms with Gasteiger partial charge in [0.2, 0.25) is 0 Å². The van der Waals surface area contributed by atoms with Crippen LogP contribution in [0.3, 0.4) is 0 Å². The number of ether oxygens (including phenoxy) is 1. The molecule has 0 saturated carbocycles. The average molecular weight is 231 g/mol. The summed E-state index contributed by atoms with van der Waals surface area (Å²) in [4.78, 5) is 10.9. The summed E-state index contributed by atoms with van der Waals surface area (Å²) in [5, 5.41) is 1.22. The Labute approximate surface area is 101 Å². The topological polar surface area (TPSA) is 31.2 Å². The van der Waals surface area contributed by atoms with Gasteiger partial charge in [0, 0.05) is 18.1 Å². The van der Waals surface area contributed by atoms with Crippen molar-refractivity contribution in [3.63, 3.8) is 0 Å². The van der Waals surface area contributed by atoms with Gasteiger partial charge in [0.1, 0.15) is 6.10 Å². The van der Waals surface area contributed by atoms with Gasteiger partial charge >= 0.3 is 5.97 Å². The fourth-order valence-electron chi connectivity index (χ4n) is 2.17. The van der Waals surface area contributed by atoms with Crippen molar-refractivity contribution in [2.75, 3.05) is 0 Å². The van der Waals surface area contributed by atoms with E-state index in [0.29, 0.717) is 6.54 Å². The highest BCUT2D eigenvalue weighted by atomic mass is 16.5. The van der Waals surface area contributed by atoms with Crippen LogP contribution in [-0.4, -0.2) is 16.6 Å². The molecule has 1 aromatic heterocycles. The van der Waals surface area contributed by atoms with Crippen LogP contribution in [0.4, 0.5) is 0 Å². The van der Waals surface area contributed by atoms with Gasteiger partial charge in [-0.1, -0.05) is 18.2 Å². The van der Waals surface area contributed by atoms with Crippen molar-refractivity contribution in [1.29, 1.82) is 0 Å². The van der Waals surface area contributed by atoms with Crippen molar-refractivity contribution in [1.82, 2.24) is 4.57 Å². The highest BCUT2D eigenvalue weighted by Crippen LogP contribution is 2.19. The molecule has 3 nitrogen and oxygen atoms in total. The minimum absolute atomic E-state index is 0.109. The van der Waals surface area contributed by atoms with Gasteiger partial charge in [0.15, 0.2) is 0 Å². The minimum Gasteiger partial charge on any atom is -0.461 e. The van der Waals surface area contributed by atoms with E-state index in [1.54, 1.807) is 0 Å². The third-order valence-electron chi connectivity index (χ3n) is 2.82. The monoisotopic (exact) mass is 231 g/mol. The normalized spacial score (nSPS) is 12.6. The smallest absolute Gasteiger partial charge is 0.302 e. The first kappa shape index (κ1) is 11.7. The molecule has 17 heavy (non-hydrogen) atoms. The van der Waals surface area contributed by atoms with E-state index in [4.69, 9.17) is 4.74 Å². The maximum Gasteiger partial charge on any atom is 0.302 e. The molecule has 1 heterocycles. The Bertz CT molecular complexity index is 542. The first-order valence-corrected chi connectivity index (χ1v) is 5.80. The van der Waals surface area contributed by atoms with E-state index < -0.39 is 0 Å². The van der Waals surface area contributed by atoms with Gasteiger partial charge in [-0.05, 0) is 31.4 Å². The molecule has 0 fully saturated rings. The third kappa shape index (κ3) is 2.49. The number of para-hydroxylation sites is 1. The molecule has 3 heteroatoms. The molecule has 1 aromatic carbocycles. The molecule has 0 bridgehead atoms. The van der Waals surface area contributed by atoms with Gasteiger partial charge in [-0.25, -0.2) is 0 Å². The molecule has 0 aliphatic rings. The summed E-state index contributed by atoms with van der Waals surface area (Å²) in [6.45, 7) is 6.12. The van der Waals surface area contributed by atoms with Gasteiger partial charge in [0.05, 0.1) is 6.54 Å². The van der Waals surface area contributed by atoms with Crippen LogP contribution in [0.25, 0.3) is 10.9 Å². The maximum atomic E-state index is 10.9. The van der Waals surface area contributed by atoms with Gasteiger partial charge in [-0.3, -0.25) is 4.79 Å². The zero-order valence-corrected chi connectivity index (χ0v) is 10.4. The second kappa shape index (κ2) is 4.62. The highest BCUT2D eigenvalue weighted by Gasteiger charge is 2.10. The van der Waals surface area contributed by atoms with E-state index in [1.165, 1.54) is 23.5 Å². The van der Waals surface area contributed by atoms with E-state index in [9.17, 15) is 4.79 Å². The number of carbonyl (C=O) groups excluding carboxylic acids is 1. The molecular formula is C14H17NO2. The molecule has 0 saturated heterocycles. The van der Waals surface area contributed by atoms with Crippen LogP contribution in [0.2, 0.25) is 0 Å². The summed E-state index contributed by atoms with van der Waals surface area (Å²) < 4.78 is 7.35. The van der Waals surface area contributed by atoms with Gasteiger partial charge in [0.25, 0.3) is 0 Å². The number of carbonyl (C=O) groups is 1. The molecule has 0 amide bonds. The van der Waals surface area contributed by atoms with E-state index >= 15 is 0 Å². The van der Waals surface area contributed by atoms with E-state index in [1.807, 2.05) is 19.1 Å². The van der Waals surface area contributed by atoms with Crippen molar-refractivity contribution in [2.45, 2.75) is 33.4 Å². The predicted molar refractivity (Wildman–Crippen MR) is 67.9 cm³/mol. The molecule has 1 atom stereocenters. The number of esters is 1. The number of benzene rings is 1. The van der Waals surface area contributed by atoms with Crippen molar-refractivity contribution < 1.29 is 9.53 Å². The third-order valence-corrected chi connectivity index (χ3v) is 2.82. The lowest BCUT2D eigenvalue weighted by molar-refractivity contribution is -0.145. The van der Waals surface area contributed by atoms with Gasteiger partial charge in [-0.2, -0.15) is 0 Å². The molecule has 90 valence electrons. The Hall–Kier alpha value is -1.77. The molecular weight excluding hydrogens is 214 g/mol. The number of hydrogen-bond acceptors (Lipinski definition) is 2. The van der Waals surface area contributed by atoms with Crippen molar-refractivity contribution in [3.8, 4) is 0 Å². The zero-order chi connectivity index (χ0) is 12.4. The molecule has 2 rings (SSSR count).